The molecular formula is C10H11FN2O2. The number of halogens is 1. The van der Waals surface area contributed by atoms with Crippen molar-refractivity contribution >= 4 is 17.7 Å². The highest BCUT2D eigenvalue weighted by Gasteiger charge is 2.06. The number of carbonyl (C=O) groups is 1. The number of nitrogens with one attached hydrogen (secondary N) is 2. The number of hydrogen-bond acceptors (Lipinski definition) is 3. The standard InChI is InChI=1S/C10H11FN2O2/c1-2-7-4-3-5-8(11)10(7)13-12-9(15)6-14/h2-5,13-14H,1,6H2,(H,12,15). The van der Waals surface area contributed by atoms with E-state index in [4.69, 9.17) is 5.11 Å². The average Bonchev–Trinajstić information content (AvgIpc) is 2.26. The van der Waals surface area contributed by atoms with E-state index in [1.807, 2.05) is 0 Å². The van der Waals surface area contributed by atoms with Gasteiger partial charge in [-0.15, -0.1) is 0 Å². The average molecular weight is 210 g/mol. The molecule has 0 heterocycles. The number of carbonyl (C=O) groups excluding carboxylic acids is 1. The number of anilines is 1. The lowest BCUT2D eigenvalue weighted by Gasteiger charge is -2.10. The number of amides is 1. The largest absolute Gasteiger partial charge is 0.386 e. The lowest BCUT2D eigenvalue weighted by atomic mass is 10.2. The van der Waals surface area contributed by atoms with Crippen LogP contribution < -0.4 is 10.9 Å². The molecule has 0 bridgehead atoms. The summed E-state index contributed by atoms with van der Waals surface area (Å²) in [5.41, 5.74) is 5.16. The van der Waals surface area contributed by atoms with E-state index in [1.54, 1.807) is 6.07 Å². The van der Waals surface area contributed by atoms with Crippen LogP contribution in [0.15, 0.2) is 24.8 Å². The molecular weight excluding hydrogens is 199 g/mol. The van der Waals surface area contributed by atoms with Gasteiger partial charge in [-0.25, -0.2) is 4.39 Å². The van der Waals surface area contributed by atoms with Gasteiger partial charge in [0.25, 0.3) is 5.91 Å². The number of rotatable bonds is 4. The van der Waals surface area contributed by atoms with Crippen LogP contribution >= 0.6 is 0 Å². The van der Waals surface area contributed by atoms with E-state index in [1.165, 1.54) is 18.2 Å². The lowest BCUT2D eigenvalue weighted by molar-refractivity contribution is -0.123. The zero-order valence-corrected chi connectivity index (χ0v) is 7.96. The highest BCUT2D eigenvalue weighted by molar-refractivity contribution is 5.79. The van der Waals surface area contributed by atoms with Gasteiger partial charge in [0.2, 0.25) is 0 Å². The molecule has 5 heteroatoms. The van der Waals surface area contributed by atoms with Crippen molar-refractivity contribution in [2.75, 3.05) is 12.0 Å². The Bertz CT molecular complexity index is 380. The first-order valence-electron chi connectivity index (χ1n) is 4.25. The van der Waals surface area contributed by atoms with Crippen molar-refractivity contribution < 1.29 is 14.3 Å². The fourth-order valence-corrected chi connectivity index (χ4v) is 1.01. The monoisotopic (exact) mass is 210 g/mol. The van der Waals surface area contributed by atoms with E-state index in [-0.39, 0.29) is 5.69 Å². The van der Waals surface area contributed by atoms with Crippen molar-refractivity contribution in [2.45, 2.75) is 0 Å². The van der Waals surface area contributed by atoms with E-state index in [9.17, 15) is 9.18 Å². The second kappa shape index (κ2) is 5.11. The van der Waals surface area contributed by atoms with Gasteiger partial charge in [-0.3, -0.25) is 15.6 Å². The molecule has 0 saturated heterocycles. The van der Waals surface area contributed by atoms with E-state index in [0.717, 1.165) is 0 Å². The summed E-state index contributed by atoms with van der Waals surface area (Å²) < 4.78 is 13.3. The van der Waals surface area contributed by atoms with Gasteiger partial charge in [0, 0.05) is 5.56 Å². The maximum absolute atomic E-state index is 13.3. The van der Waals surface area contributed by atoms with Gasteiger partial charge in [-0.05, 0) is 6.07 Å². The summed E-state index contributed by atoms with van der Waals surface area (Å²) in [6.07, 6.45) is 1.45. The highest BCUT2D eigenvalue weighted by atomic mass is 19.1. The third-order valence-electron chi connectivity index (χ3n) is 1.74. The zero-order valence-electron chi connectivity index (χ0n) is 7.96. The maximum atomic E-state index is 13.3. The van der Waals surface area contributed by atoms with E-state index in [0.29, 0.717) is 5.56 Å². The molecule has 80 valence electrons. The van der Waals surface area contributed by atoms with Crippen LogP contribution in [0.25, 0.3) is 6.08 Å². The first-order valence-corrected chi connectivity index (χ1v) is 4.25. The minimum Gasteiger partial charge on any atom is -0.386 e. The molecule has 3 N–H and O–H groups in total. The molecule has 1 amide bonds. The van der Waals surface area contributed by atoms with Crippen LogP contribution in [-0.4, -0.2) is 17.6 Å². The molecule has 0 fully saturated rings. The van der Waals surface area contributed by atoms with Crippen LogP contribution in [0.2, 0.25) is 0 Å². The van der Waals surface area contributed by atoms with Crippen LogP contribution in [0.3, 0.4) is 0 Å². The van der Waals surface area contributed by atoms with Gasteiger partial charge in [-0.1, -0.05) is 24.8 Å². The number of aliphatic hydroxyl groups is 1. The molecule has 0 atom stereocenters. The lowest BCUT2D eigenvalue weighted by Crippen LogP contribution is -2.32. The molecule has 1 aromatic carbocycles. The Morgan fingerprint density at radius 2 is 2.33 bits per heavy atom. The van der Waals surface area contributed by atoms with Crippen molar-refractivity contribution in [3.05, 3.63) is 36.2 Å². The molecule has 0 spiro atoms. The van der Waals surface area contributed by atoms with E-state index < -0.39 is 18.3 Å². The molecule has 0 unspecified atom stereocenters. The summed E-state index contributed by atoms with van der Waals surface area (Å²) in [7, 11) is 0. The Labute approximate surface area is 86.4 Å². The predicted molar refractivity (Wildman–Crippen MR) is 55.3 cm³/mol. The van der Waals surface area contributed by atoms with Crippen LogP contribution in [0.4, 0.5) is 10.1 Å². The van der Waals surface area contributed by atoms with Gasteiger partial charge in [0.05, 0.1) is 5.69 Å². The SMILES string of the molecule is C=Cc1cccc(F)c1NNC(=O)CO. The Balaban J connectivity index is 2.83. The minimum atomic E-state index is -0.662. The Morgan fingerprint density at radius 3 is 2.93 bits per heavy atom. The summed E-state index contributed by atoms with van der Waals surface area (Å²) in [4.78, 5) is 10.7. The van der Waals surface area contributed by atoms with Crippen LogP contribution in [-0.2, 0) is 4.79 Å². The van der Waals surface area contributed by atoms with Gasteiger partial charge in [0.15, 0.2) is 0 Å². The number of hydrogen-bond donors (Lipinski definition) is 3. The Morgan fingerprint density at radius 1 is 1.60 bits per heavy atom. The van der Waals surface area contributed by atoms with Crippen molar-refractivity contribution in [3.8, 4) is 0 Å². The molecule has 0 saturated carbocycles. The Hall–Kier alpha value is -1.88. The fraction of sp³-hybridized carbons (Fsp3) is 0.100. The highest BCUT2D eigenvalue weighted by Crippen LogP contribution is 2.19. The maximum Gasteiger partial charge on any atom is 0.263 e. The molecule has 0 aliphatic heterocycles. The van der Waals surface area contributed by atoms with Gasteiger partial charge < -0.3 is 5.11 Å². The summed E-state index contributed by atoms with van der Waals surface area (Å²) in [5.74, 6) is -1.15. The molecule has 1 aromatic rings. The normalized spacial score (nSPS) is 9.47. The number of benzene rings is 1. The van der Waals surface area contributed by atoms with Crippen molar-refractivity contribution in [1.82, 2.24) is 5.43 Å². The Kier molecular flexibility index (Phi) is 3.82. The van der Waals surface area contributed by atoms with Crippen LogP contribution in [0.1, 0.15) is 5.56 Å². The van der Waals surface area contributed by atoms with Crippen LogP contribution in [0.5, 0.6) is 0 Å². The summed E-state index contributed by atoms with van der Waals surface area (Å²) in [6, 6.07) is 4.43. The molecule has 0 radical (unpaired) electrons. The predicted octanol–water partition coefficient (Wildman–Crippen LogP) is 0.904. The quantitative estimate of drug-likeness (QED) is 0.647. The molecule has 0 aromatic heterocycles. The van der Waals surface area contributed by atoms with Crippen molar-refractivity contribution in [3.63, 3.8) is 0 Å². The second-order valence-corrected chi connectivity index (χ2v) is 2.74. The zero-order chi connectivity index (χ0) is 11.3. The number of para-hydroxylation sites is 1. The molecule has 4 nitrogen and oxygen atoms in total. The van der Waals surface area contributed by atoms with Crippen molar-refractivity contribution in [2.24, 2.45) is 0 Å². The molecule has 1 rings (SSSR count). The van der Waals surface area contributed by atoms with Gasteiger partial charge >= 0.3 is 0 Å². The smallest absolute Gasteiger partial charge is 0.263 e. The molecule has 0 aliphatic carbocycles. The van der Waals surface area contributed by atoms with E-state index >= 15 is 0 Å². The number of hydrazine groups is 1. The van der Waals surface area contributed by atoms with Gasteiger partial charge in [-0.2, -0.15) is 0 Å². The third kappa shape index (κ3) is 2.78. The van der Waals surface area contributed by atoms with Crippen LogP contribution in [0, 0.1) is 5.82 Å². The molecule has 15 heavy (non-hydrogen) atoms. The van der Waals surface area contributed by atoms with Crippen molar-refractivity contribution in [1.29, 1.82) is 0 Å². The first kappa shape index (κ1) is 11.2. The topological polar surface area (TPSA) is 61.4 Å². The fourth-order valence-electron chi connectivity index (χ4n) is 1.01. The molecule has 0 aliphatic rings. The number of aliphatic hydroxyl groups excluding tert-OH is 1. The summed E-state index contributed by atoms with van der Waals surface area (Å²) in [5, 5.41) is 8.44. The third-order valence-corrected chi connectivity index (χ3v) is 1.74. The van der Waals surface area contributed by atoms with E-state index in [2.05, 4.69) is 17.4 Å². The summed E-state index contributed by atoms with van der Waals surface area (Å²) in [6.45, 7) is 2.85. The first-order chi connectivity index (χ1) is 7.19. The minimum absolute atomic E-state index is 0.120. The second-order valence-electron chi connectivity index (χ2n) is 2.74. The summed E-state index contributed by atoms with van der Waals surface area (Å²) >= 11 is 0. The van der Waals surface area contributed by atoms with Gasteiger partial charge in [0.1, 0.15) is 12.4 Å².